The van der Waals surface area contributed by atoms with E-state index in [2.05, 4.69) is 4.74 Å². The van der Waals surface area contributed by atoms with Gasteiger partial charge in [-0.1, -0.05) is 6.92 Å². The molecule has 0 saturated carbocycles. The van der Waals surface area contributed by atoms with Crippen molar-refractivity contribution in [2.75, 3.05) is 0 Å². The van der Waals surface area contributed by atoms with Gasteiger partial charge in [0.15, 0.2) is 0 Å². The maximum atomic E-state index is 12.7. The van der Waals surface area contributed by atoms with Gasteiger partial charge < -0.3 is 4.74 Å². The van der Waals surface area contributed by atoms with Crippen molar-refractivity contribution in [3.63, 3.8) is 0 Å². The van der Waals surface area contributed by atoms with Crippen molar-refractivity contribution in [2.24, 2.45) is 5.41 Å². The molecule has 0 atom stereocenters. The molecule has 0 aliphatic heterocycles. The lowest BCUT2D eigenvalue weighted by molar-refractivity contribution is -0.284. The quantitative estimate of drug-likeness (QED) is 0.562. The van der Waals surface area contributed by atoms with Crippen LogP contribution >= 0.6 is 0 Å². The number of esters is 1. The molecule has 0 spiro atoms. The van der Waals surface area contributed by atoms with Gasteiger partial charge in [0.1, 0.15) is 6.42 Å². The minimum Gasteiger partial charge on any atom is -0.400 e. The second-order valence-electron chi connectivity index (χ2n) is 4.06. The molecule has 0 unspecified atom stereocenters. The number of hydrogen-bond acceptors (Lipinski definition) is 2. The van der Waals surface area contributed by atoms with Crippen LogP contribution in [0.4, 0.5) is 22.0 Å². The van der Waals surface area contributed by atoms with Crippen LogP contribution in [0.1, 0.15) is 33.6 Å². The maximum Gasteiger partial charge on any atom is 0.408 e. The summed E-state index contributed by atoms with van der Waals surface area (Å²) in [5.41, 5.74) is -1.23. The number of ether oxygens (including phenoxy) is 1. The Labute approximate surface area is 89.8 Å². The fourth-order valence-electron chi connectivity index (χ4n) is 0.688. The predicted molar refractivity (Wildman–Crippen MR) is 45.8 cm³/mol. The minimum atomic E-state index is -5.08. The Morgan fingerprint density at radius 3 is 1.88 bits per heavy atom. The first-order valence-corrected chi connectivity index (χ1v) is 4.58. The summed E-state index contributed by atoms with van der Waals surface area (Å²) in [6.07, 6.45) is -11.9. The third-order valence-electron chi connectivity index (χ3n) is 2.08. The summed E-state index contributed by atoms with van der Waals surface area (Å²) in [6.45, 7) is 4.18. The zero-order valence-corrected chi connectivity index (χ0v) is 9.12. The normalized spacial score (nSPS) is 13.8. The molecule has 2 nitrogen and oxygen atoms in total. The van der Waals surface area contributed by atoms with Gasteiger partial charge in [-0.15, -0.1) is 0 Å². The van der Waals surface area contributed by atoms with Gasteiger partial charge in [-0.05, 0) is 20.3 Å². The molecule has 0 saturated heterocycles. The molecule has 0 heterocycles. The topological polar surface area (TPSA) is 26.3 Å². The van der Waals surface area contributed by atoms with E-state index in [-0.39, 0.29) is 6.42 Å². The fraction of sp³-hybridized carbons (Fsp3) is 0.889. The molecule has 16 heavy (non-hydrogen) atoms. The molecular formula is C9H13F5O2. The van der Waals surface area contributed by atoms with Gasteiger partial charge in [-0.3, -0.25) is 4.79 Å². The molecule has 0 aliphatic carbocycles. The first-order valence-electron chi connectivity index (χ1n) is 4.58. The van der Waals surface area contributed by atoms with Crippen LogP contribution in [-0.2, 0) is 9.53 Å². The Kier molecular flexibility index (Phi) is 4.30. The standard InChI is InChI=1S/C9H13F5O2/c1-4-7(2,3)6(15)16-9(13,14)5-8(10,11)12/h4-5H2,1-3H3. The van der Waals surface area contributed by atoms with Crippen molar-refractivity contribution in [3.05, 3.63) is 0 Å². The molecular weight excluding hydrogens is 235 g/mol. The van der Waals surface area contributed by atoms with E-state index in [9.17, 15) is 26.7 Å². The van der Waals surface area contributed by atoms with E-state index in [0.29, 0.717) is 0 Å². The molecule has 7 heteroatoms. The van der Waals surface area contributed by atoms with Crippen LogP contribution in [0, 0.1) is 5.41 Å². The van der Waals surface area contributed by atoms with Gasteiger partial charge in [-0.25, -0.2) is 0 Å². The average molecular weight is 248 g/mol. The van der Waals surface area contributed by atoms with Crippen LogP contribution in [0.15, 0.2) is 0 Å². The highest BCUT2D eigenvalue weighted by Crippen LogP contribution is 2.34. The summed E-state index contributed by atoms with van der Waals surface area (Å²) < 4.78 is 64.1. The van der Waals surface area contributed by atoms with Crippen LogP contribution in [-0.4, -0.2) is 18.3 Å². The number of hydrogen-bond donors (Lipinski definition) is 0. The molecule has 0 amide bonds. The third-order valence-corrected chi connectivity index (χ3v) is 2.08. The maximum absolute atomic E-state index is 12.7. The first-order chi connectivity index (χ1) is 6.90. The first kappa shape index (κ1) is 15.1. The van der Waals surface area contributed by atoms with Crippen LogP contribution in [0.25, 0.3) is 0 Å². The summed E-state index contributed by atoms with van der Waals surface area (Å²) >= 11 is 0. The molecule has 0 aromatic rings. The number of halogens is 5. The second kappa shape index (κ2) is 4.55. The largest absolute Gasteiger partial charge is 0.408 e. The summed E-state index contributed by atoms with van der Waals surface area (Å²) in [7, 11) is 0. The Bertz CT molecular complexity index is 257. The molecule has 0 aliphatic rings. The summed E-state index contributed by atoms with van der Waals surface area (Å²) in [5, 5.41) is 0. The van der Waals surface area contributed by atoms with Crippen LogP contribution in [0.5, 0.6) is 0 Å². The molecule has 0 aromatic heterocycles. The van der Waals surface area contributed by atoms with Gasteiger partial charge in [0.2, 0.25) is 0 Å². The monoisotopic (exact) mass is 248 g/mol. The molecule has 0 rings (SSSR count). The molecule has 0 bridgehead atoms. The van der Waals surface area contributed by atoms with Gasteiger partial charge in [0, 0.05) is 0 Å². The van der Waals surface area contributed by atoms with Crippen molar-refractivity contribution >= 4 is 5.97 Å². The SMILES string of the molecule is CCC(C)(C)C(=O)OC(F)(F)CC(F)(F)F. The highest BCUT2D eigenvalue weighted by molar-refractivity contribution is 5.76. The highest BCUT2D eigenvalue weighted by atomic mass is 19.4. The highest BCUT2D eigenvalue weighted by Gasteiger charge is 2.48. The van der Waals surface area contributed by atoms with E-state index in [1.165, 1.54) is 13.8 Å². The van der Waals surface area contributed by atoms with Gasteiger partial charge in [0.25, 0.3) is 0 Å². The minimum absolute atomic E-state index is 0.188. The Balaban J connectivity index is 4.55. The van der Waals surface area contributed by atoms with Crippen LogP contribution in [0.3, 0.4) is 0 Å². The fourth-order valence-corrected chi connectivity index (χ4v) is 0.688. The van der Waals surface area contributed by atoms with E-state index >= 15 is 0 Å². The number of carbonyl (C=O) groups excluding carboxylic acids is 1. The second-order valence-corrected chi connectivity index (χ2v) is 4.06. The van der Waals surface area contributed by atoms with Crippen molar-refractivity contribution in [1.29, 1.82) is 0 Å². The van der Waals surface area contributed by atoms with Crippen molar-refractivity contribution in [2.45, 2.75) is 45.9 Å². The van der Waals surface area contributed by atoms with E-state index < -0.39 is 30.1 Å². The van der Waals surface area contributed by atoms with E-state index in [4.69, 9.17) is 0 Å². The average Bonchev–Trinajstić information content (AvgIpc) is 1.98. The van der Waals surface area contributed by atoms with Crippen molar-refractivity contribution in [3.8, 4) is 0 Å². The molecule has 0 radical (unpaired) electrons. The number of rotatable bonds is 4. The number of carbonyl (C=O) groups is 1. The summed E-state index contributed by atoms with van der Waals surface area (Å²) in [6, 6.07) is 0. The Hall–Kier alpha value is -0.880. The smallest absolute Gasteiger partial charge is 0.400 e. The van der Waals surface area contributed by atoms with E-state index in [1.807, 2.05) is 0 Å². The predicted octanol–water partition coefficient (Wildman–Crippen LogP) is 3.51. The van der Waals surface area contributed by atoms with Gasteiger partial charge in [-0.2, -0.15) is 22.0 Å². The van der Waals surface area contributed by atoms with Crippen LogP contribution in [0.2, 0.25) is 0 Å². The lowest BCUT2D eigenvalue weighted by atomic mass is 9.91. The summed E-state index contributed by atoms with van der Waals surface area (Å²) in [4.78, 5) is 11.1. The van der Waals surface area contributed by atoms with Crippen molar-refractivity contribution < 1.29 is 31.5 Å². The zero-order valence-electron chi connectivity index (χ0n) is 9.12. The summed E-state index contributed by atoms with van der Waals surface area (Å²) in [5.74, 6) is -1.34. The molecule has 0 N–H and O–H groups in total. The molecule has 0 aromatic carbocycles. The Morgan fingerprint density at radius 1 is 1.12 bits per heavy atom. The lowest BCUT2D eigenvalue weighted by Gasteiger charge is -2.25. The lowest BCUT2D eigenvalue weighted by Crippen LogP contribution is -2.36. The van der Waals surface area contributed by atoms with E-state index in [1.54, 1.807) is 6.92 Å². The van der Waals surface area contributed by atoms with Gasteiger partial charge >= 0.3 is 18.3 Å². The Morgan fingerprint density at radius 2 is 1.56 bits per heavy atom. The molecule has 0 fully saturated rings. The zero-order chi connectivity index (χ0) is 13.2. The van der Waals surface area contributed by atoms with E-state index in [0.717, 1.165) is 0 Å². The molecule has 96 valence electrons. The van der Waals surface area contributed by atoms with Gasteiger partial charge in [0.05, 0.1) is 5.41 Å². The van der Waals surface area contributed by atoms with Crippen LogP contribution < -0.4 is 0 Å². The third kappa shape index (κ3) is 5.27. The number of alkyl halides is 5. The van der Waals surface area contributed by atoms with Crippen molar-refractivity contribution in [1.82, 2.24) is 0 Å².